The normalized spacial score (nSPS) is 12.4. The number of nitrogens with two attached hydrogens (primary N) is 1. The maximum Gasteiger partial charge on any atom is 0.143 e. The van der Waals surface area contributed by atoms with Crippen molar-refractivity contribution < 1.29 is 0 Å². The molecule has 0 bridgehead atoms. The van der Waals surface area contributed by atoms with E-state index in [0.29, 0.717) is 5.56 Å². The first-order valence-electron chi connectivity index (χ1n) is 6.52. The van der Waals surface area contributed by atoms with Gasteiger partial charge in [0.2, 0.25) is 0 Å². The van der Waals surface area contributed by atoms with Gasteiger partial charge in [-0.3, -0.25) is 0 Å². The lowest BCUT2D eigenvalue weighted by Gasteiger charge is -2.25. The predicted molar refractivity (Wildman–Crippen MR) is 87.3 cm³/mol. The summed E-state index contributed by atoms with van der Waals surface area (Å²) in [6.45, 7) is 0.884. The average molecular weight is 305 g/mol. The van der Waals surface area contributed by atoms with Gasteiger partial charge in [-0.1, -0.05) is 12.1 Å². The molecule has 1 aromatic carbocycles. The van der Waals surface area contributed by atoms with Crippen LogP contribution in [0.4, 0.5) is 11.5 Å². The van der Waals surface area contributed by atoms with Crippen molar-refractivity contribution in [1.29, 1.82) is 10.5 Å². The van der Waals surface area contributed by atoms with Crippen molar-refractivity contribution in [2.24, 2.45) is 0 Å². The highest BCUT2D eigenvalue weighted by Crippen LogP contribution is 2.34. The van der Waals surface area contributed by atoms with Crippen LogP contribution in [-0.2, 0) is 0 Å². The molecule has 0 saturated carbocycles. The first kappa shape index (κ1) is 14.0. The molecule has 1 aliphatic heterocycles. The molecule has 1 aromatic heterocycles. The van der Waals surface area contributed by atoms with Gasteiger partial charge in [0, 0.05) is 24.0 Å². The summed E-state index contributed by atoms with van der Waals surface area (Å²) < 4.78 is 0. The van der Waals surface area contributed by atoms with Crippen molar-refractivity contribution in [2.75, 3.05) is 17.2 Å². The molecular formula is C16H11N5S. The SMILES string of the molecule is N#Cc1c(N)nc(S)c(C#N)c1-c1ccc(N2C=CC2)cc1. The first-order chi connectivity index (χ1) is 10.7. The molecule has 0 unspecified atom stereocenters. The van der Waals surface area contributed by atoms with Crippen molar-refractivity contribution in [1.82, 2.24) is 4.98 Å². The molecule has 0 radical (unpaired) electrons. The van der Waals surface area contributed by atoms with Crippen LogP contribution in [0.5, 0.6) is 0 Å². The van der Waals surface area contributed by atoms with Gasteiger partial charge in [-0.2, -0.15) is 10.5 Å². The Kier molecular flexibility index (Phi) is 3.46. The summed E-state index contributed by atoms with van der Waals surface area (Å²) in [5, 5.41) is 18.9. The van der Waals surface area contributed by atoms with E-state index in [1.165, 1.54) is 0 Å². The molecule has 22 heavy (non-hydrogen) atoms. The third-order valence-corrected chi connectivity index (χ3v) is 3.83. The standard InChI is InChI=1S/C16H11N5S/c17-8-12-14(13(9-18)16(22)20-15(12)19)10-2-4-11(5-3-10)21-6-1-7-21/h1-6H,7H2,(H3,19,20,22). The Balaban J connectivity index is 2.17. The van der Waals surface area contributed by atoms with E-state index >= 15 is 0 Å². The van der Waals surface area contributed by atoms with Gasteiger partial charge in [0.15, 0.2) is 0 Å². The summed E-state index contributed by atoms with van der Waals surface area (Å²) in [5.74, 6) is 0.0799. The highest BCUT2D eigenvalue weighted by atomic mass is 32.1. The van der Waals surface area contributed by atoms with E-state index < -0.39 is 0 Å². The molecule has 0 fully saturated rings. The van der Waals surface area contributed by atoms with E-state index in [-0.39, 0.29) is 22.0 Å². The lowest BCUT2D eigenvalue weighted by atomic mass is 9.96. The van der Waals surface area contributed by atoms with Crippen molar-refractivity contribution >= 4 is 24.1 Å². The lowest BCUT2D eigenvalue weighted by molar-refractivity contribution is 1.01. The second-order valence-electron chi connectivity index (χ2n) is 4.75. The number of rotatable bonds is 2. The fourth-order valence-electron chi connectivity index (χ4n) is 2.32. The number of aromatic nitrogens is 1. The number of nitriles is 2. The molecular weight excluding hydrogens is 294 g/mol. The number of nitrogen functional groups attached to an aromatic ring is 1. The van der Waals surface area contributed by atoms with Gasteiger partial charge >= 0.3 is 0 Å². The molecule has 0 atom stereocenters. The predicted octanol–water partition coefficient (Wildman–Crippen LogP) is 2.70. The molecule has 0 spiro atoms. The summed E-state index contributed by atoms with van der Waals surface area (Å²) >= 11 is 4.19. The summed E-state index contributed by atoms with van der Waals surface area (Å²) in [7, 11) is 0. The number of benzene rings is 1. The van der Waals surface area contributed by atoms with Gasteiger partial charge in [-0.15, -0.1) is 12.6 Å². The maximum atomic E-state index is 9.35. The van der Waals surface area contributed by atoms with Gasteiger partial charge in [0.05, 0.1) is 5.56 Å². The summed E-state index contributed by atoms with van der Waals surface area (Å²) in [6, 6.07) is 11.7. The van der Waals surface area contributed by atoms with Crippen LogP contribution in [0.3, 0.4) is 0 Å². The van der Waals surface area contributed by atoms with Gasteiger partial charge in [-0.05, 0) is 23.8 Å². The minimum atomic E-state index is 0.0799. The van der Waals surface area contributed by atoms with Gasteiger partial charge in [0.1, 0.15) is 28.5 Å². The fraction of sp³-hybridized carbons (Fsp3) is 0.0625. The molecule has 0 saturated heterocycles. The van der Waals surface area contributed by atoms with Crippen LogP contribution in [0, 0.1) is 22.7 Å². The third-order valence-electron chi connectivity index (χ3n) is 3.50. The molecule has 6 heteroatoms. The van der Waals surface area contributed by atoms with E-state index in [1.807, 2.05) is 36.5 Å². The molecule has 1 aliphatic rings. The maximum absolute atomic E-state index is 9.35. The average Bonchev–Trinajstić information content (AvgIpc) is 2.46. The number of nitrogens with zero attached hydrogens (tertiary/aromatic N) is 4. The Morgan fingerprint density at radius 2 is 1.77 bits per heavy atom. The fourth-order valence-corrected chi connectivity index (χ4v) is 2.59. The van der Waals surface area contributed by atoms with E-state index in [0.717, 1.165) is 17.8 Å². The quantitative estimate of drug-likeness (QED) is 0.833. The highest BCUT2D eigenvalue weighted by molar-refractivity contribution is 7.80. The smallest absolute Gasteiger partial charge is 0.143 e. The number of pyridine rings is 1. The largest absolute Gasteiger partial charge is 0.383 e. The van der Waals surface area contributed by atoms with E-state index in [1.54, 1.807) is 0 Å². The molecule has 2 heterocycles. The second-order valence-corrected chi connectivity index (χ2v) is 5.18. The number of thiol groups is 1. The Morgan fingerprint density at radius 3 is 2.27 bits per heavy atom. The van der Waals surface area contributed by atoms with Crippen LogP contribution < -0.4 is 10.6 Å². The topological polar surface area (TPSA) is 89.7 Å². The number of hydrogen-bond acceptors (Lipinski definition) is 6. The Labute approximate surface area is 133 Å². The third kappa shape index (κ3) is 2.16. The monoisotopic (exact) mass is 305 g/mol. The van der Waals surface area contributed by atoms with Gasteiger partial charge in [-0.25, -0.2) is 4.98 Å². The van der Waals surface area contributed by atoms with Crippen LogP contribution in [0.15, 0.2) is 41.6 Å². The zero-order valence-electron chi connectivity index (χ0n) is 11.5. The molecule has 106 valence electrons. The van der Waals surface area contributed by atoms with Crippen molar-refractivity contribution in [3.8, 4) is 23.3 Å². The summed E-state index contributed by atoms with van der Waals surface area (Å²) in [4.78, 5) is 6.04. The Morgan fingerprint density at radius 1 is 1.14 bits per heavy atom. The Hall–Kier alpha value is -2.96. The molecule has 3 rings (SSSR count). The summed E-state index contributed by atoms with van der Waals surface area (Å²) in [6.07, 6.45) is 4.05. The molecule has 2 N–H and O–H groups in total. The number of hydrogen-bond donors (Lipinski definition) is 2. The molecule has 5 nitrogen and oxygen atoms in total. The van der Waals surface area contributed by atoms with Gasteiger partial charge < -0.3 is 10.6 Å². The van der Waals surface area contributed by atoms with Crippen molar-refractivity contribution in [3.63, 3.8) is 0 Å². The van der Waals surface area contributed by atoms with Crippen molar-refractivity contribution in [3.05, 3.63) is 47.7 Å². The molecule has 0 amide bonds. The minimum absolute atomic E-state index is 0.0799. The van der Waals surface area contributed by atoms with E-state index in [2.05, 4.69) is 34.7 Å². The zero-order chi connectivity index (χ0) is 15.7. The van der Waals surface area contributed by atoms with Crippen LogP contribution in [0.25, 0.3) is 11.1 Å². The van der Waals surface area contributed by atoms with E-state index in [9.17, 15) is 10.5 Å². The van der Waals surface area contributed by atoms with E-state index in [4.69, 9.17) is 5.73 Å². The minimum Gasteiger partial charge on any atom is -0.383 e. The Bertz CT molecular complexity index is 818. The highest BCUT2D eigenvalue weighted by Gasteiger charge is 2.19. The number of anilines is 2. The summed E-state index contributed by atoms with van der Waals surface area (Å²) in [5.41, 5.74) is 8.52. The molecule has 2 aromatic rings. The van der Waals surface area contributed by atoms with Crippen LogP contribution >= 0.6 is 12.6 Å². The lowest BCUT2D eigenvalue weighted by Crippen LogP contribution is -2.23. The van der Waals surface area contributed by atoms with Gasteiger partial charge in [0.25, 0.3) is 0 Å². The van der Waals surface area contributed by atoms with Crippen LogP contribution in [0.2, 0.25) is 0 Å². The van der Waals surface area contributed by atoms with Crippen LogP contribution in [-0.4, -0.2) is 11.5 Å². The first-order valence-corrected chi connectivity index (χ1v) is 6.96. The van der Waals surface area contributed by atoms with Crippen molar-refractivity contribution in [2.45, 2.75) is 5.03 Å². The zero-order valence-corrected chi connectivity index (χ0v) is 12.4. The second kappa shape index (κ2) is 5.44. The van der Waals surface area contributed by atoms with Crippen LogP contribution in [0.1, 0.15) is 11.1 Å². The molecule has 0 aliphatic carbocycles.